The lowest BCUT2D eigenvalue weighted by Gasteiger charge is -2.08. The lowest BCUT2D eigenvalue weighted by molar-refractivity contribution is -0.137. The molecule has 0 amide bonds. The SMILES string of the molecule is Nc1cc(C(F)(F)F)c([C]=O)cn1. The van der Waals surface area contributed by atoms with Gasteiger partial charge in [-0.2, -0.15) is 13.2 Å². The third kappa shape index (κ3) is 1.95. The number of carbonyl (C=O) groups excluding carboxylic acids is 1. The van der Waals surface area contributed by atoms with Gasteiger partial charge in [-0.05, 0) is 6.07 Å². The molecule has 0 bridgehead atoms. The van der Waals surface area contributed by atoms with Gasteiger partial charge in [0.25, 0.3) is 0 Å². The smallest absolute Gasteiger partial charge is 0.384 e. The monoisotopic (exact) mass is 189 g/mol. The van der Waals surface area contributed by atoms with Crippen molar-refractivity contribution in [2.75, 3.05) is 5.73 Å². The number of aromatic nitrogens is 1. The van der Waals surface area contributed by atoms with E-state index in [4.69, 9.17) is 5.73 Å². The minimum absolute atomic E-state index is 0.286. The van der Waals surface area contributed by atoms with Crippen molar-refractivity contribution in [2.24, 2.45) is 0 Å². The average molecular weight is 189 g/mol. The normalized spacial score (nSPS) is 11.3. The van der Waals surface area contributed by atoms with E-state index in [1.54, 1.807) is 0 Å². The Balaban J connectivity index is 3.32. The van der Waals surface area contributed by atoms with Crippen LogP contribution in [0.1, 0.15) is 11.1 Å². The summed E-state index contributed by atoms with van der Waals surface area (Å²) in [4.78, 5) is 13.4. The summed E-state index contributed by atoms with van der Waals surface area (Å²) in [6, 6.07) is 0.597. The highest BCUT2D eigenvalue weighted by atomic mass is 19.4. The molecule has 0 saturated carbocycles. The van der Waals surface area contributed by atoms with Crippen molar-refractivity contribution in [1.82, 2.24) is 4.98 Å². The van der Waals surface area contributed by atoms with Gasteiger partial charge in [0, 0.05) is 6.20 Å². The van der Waals surface area contributed by atoms with Gasteiger partial charge >= 0.3 is 6.18 Å². The van der Waals surface area contributed by atoms with E-state index in [-0.39, 0.29) is 5.82 Å². The van der Waals surface area contributed by atoms with Crippen LogP contribution in [0.2, 0.25) is 0 Å². The maximum Gasteiger partial charge on any atom is 0.417 e. The van der Waals surface area contributed by atoms with Crippen LogP contribution in [0.3, 0.4) is 0 Å². The van der Waals surface area contributed by atoms with Crippen molar-refractivity contribution >= 4 is 12.1 Å². The molecule has 0 aliphatic heterocycles. The van der Waals surface area contributed by atoms with E-state index >= 15 is 0 Å². The summed E-state index contributed by atoms with van der Waals surface area (Å²) < 4.78 is 36.5. The van der Waals surface area contributed by atoms with Crippen LogP contribution in [-0.4, -0.2) is 11.3 Å². The van der Waals surface area contributed by atoms with Crippen LogP contribution in [0.4, 0.5) is 19.0 Å². The molecule has 0 unspecified atom stereocenters. The Kier molecular flexibility index (Phi) is 2.22. The highest BCUT2D eigenvalue weighted by Crippen LogP contribution is 2.31. The fourth-order valence-corrected chi connectivity index (χ4v) is 0.787. The minimum Gasteiger partial charge on any atom is -0.384 e. The fourth-order valence-electron chi connectivity index (χ4n) is 0.787. The van der Waals surface area contributed by atoms with Crippen molar-refractivity contribution in [2.45, 2.75) is 6.18 Å². The molecule has 0 saturated heterocycles. The molecule has 0 aromatic carbocycles. The summed E-state index contributed by atoms with van der Waals surface area (Å²) in [7, 11) is 0. The lowest BCUT2D eigenvalue weighted by Crippen LogP contribution is -2.10. The molecule has 2 N–H and O–H groups in total. The quantitative estimate of drug-likeness (QED) is 0.720. The van der Waals surface area contributed by atoms with Crippen LogP contribution in [0.5, 0.6) is 0 Å². The van der Waals surface area contributed by atoms with Crippen molar-refractivity contribution in [3.63, 3.8) is 0 Å². The van der Waals surface area contributed by atoms with Crippen molar-refractivity contribution in [3.05, 3.63) is 23.4 Å². The predicted octanol–water partition coefficient (Wildman–Crippen LogP) is 1.14. The van der Waals surface area contributed by atoms with Crippen LogP contribution in [0.25, 0.3) is 0 Å². The standard InChI is InChI=1S/C7H4F3N2O/c8-7(9,10)5-1-6(11)12-2-4(5)3-13/h1-2H,(H2,11,12). The number of rotatable bonds is 1. The molecule has 0 aliphatic carbocycles. The zero-order valence-electron chi connectivity index (χ0n) is 6.22. The summed E-state index contributed by atoms with van der Waals surface area (Å²) in [6.07, 6.45) is -2.72. The highest BCUT2D eigenvalue weighted by molar-refractivity contribution is 5.78. The van der Waals surface area contributed by atoms with Gasteiger partial charge in [0.1, 0.15) is 5.82 Å². The molecule has 0 spiro atoms. The maximum atomic E-state index is 12.2. The number of anilines is 1. The summed E-state index contributed by atoms with van der Waals surface area (Å²) in [5, 5.41) is 0. The van der Waals surface area contributed by atoms with Crippen LogP contribution >= 0.6 is 0 Å². The van der Waals surface area contributed by atoms with Crippen LogP contribution in [0.15, 0.2) is 12.3 Å². The first kappa shape index (κ1) is 9.50. The van der Waals surface area contributed by atoms with Crippen LogP contribution < -0.4 is 5.73 Å². The van der Waals surface area contributed by atoms with Crippen LogP contribution in [0, 0.1) is 0 Å². The van der Waals surface area contributed by atoms with Crippen LogP contribution in [-0.2, 0) is 11.0 Å². The molecule has 1 aromatic rings. The number of hydrogen-bond acceptors (Lipinski definition) is 3. The molecule has 69 valence electrons. The van der Waals surface area contributed by atoms with Gasteiger partial charge in [-0.15, -0.1) is 0 Å². The van der Waals surface area contributed by atoms with E-state index in [0.717, 1.165) is 12.5 Å². The third-order valence-corrected chi connectivity index (χ3v) is 1.34. The molecule has 1 rings (SSSR count). The Hall–Kier alpha value is -1.59. The van der Waals surface area contributed by atoms with Crippen molar-refractivity contribution in [1.29, 1.82) is 0 Å². The molecule has 1 aromatic heterocycles. The summed E-state index contributed by atoms with van der Waals surface area (Å²) >= 11 is 0. The zero-order valence-corrected chi connectivity index (χ0v) is 6.22. The Morgan fingerprint density at radius 1 is 1.46 bits per heavy atom. The Bertz CT molecular complexity index is 335. The molecule has 0 aliphatic rings. The van der Waals surface area contributed by atoms with E-state index in [9.17, 15) is 18.0 Å². The van der Waals surface area contributed by atoms with Gasteiger partial charge in [0.2, 0.25) is 6.29 Å². The van der Waals surface area contributed by atoms with Crippen molar-refractivity contribution < 1.29 is 18.0 Å². The third-order valence-electron chi connectivity index (χ3n) is 1.34. The topological polar surface area (TPSA) is 56.0 Å². The van der Waals surface area contributed by atoms with Crippen molar-refractivity contribution in [3.8, 4) is 0 Å². The number of hydrogen-bond donors (Lipinski definition) is 1. The largest absolute Gasteiger partial charge is 0.417 e. The predicted molar refractivity (Wildman–Crippen MR) is 38.4 cm³/mol. The molecule has 0 atom stereocenters. The summed E-state index contributed by atoms with van der Waals surface area (Å²) in [5.74, 6) is -0.286. The molecule has 6 heteroatoms. The zero-order chi connectivity index (χ0) is 10.1. The molecular formula is C7H4F3N2O. The van der Waals surface area contributed by atoms with E-state index in [2.05, 4.69) is 4.98 Å². The number of nitrogen functional groups attached to an aromatic ring is 1. The summed E-state index contributed by atoms with van der Waals surface area (Å²) in [5.41, 5.74) is 3.28. The first-order chi connectivity index (χ1) is 5.95. The van der Waals surface area contributed by atoms with Gasteiger partial charge in [-0.3, -0.25) is 4.79 Å². The summed E-state index contributed by atoms with van der Waals surface area (Å²) in [6.45, 7) is 0. The number of pyridine rings is 1. The maximum absolute atomic E-state index is 12.2. The molecular weight excluding hydrogens is 185 g/mol. The lowest BCUT2D eigenvalue weighted by atomic mass is 10.1. The molecule has 1 radical (unpaired) electrons. The van der Waals surface area contributed by atoms with E-state index in [0.29, 0.717) is 6.07 Å². The van der Waals surface area contributed by atoms with Gasteiger partial charge in [0.05, 0.1) is 11.1 Å². The number of nitrogens with zero attached hydrogens (tertiary/aromatic N) is 1. The van der Waals surface area contributed by atoms with E-state index < -0.39 is 17.3 Å². The molecule has 3 nitrogen and oxygen atoms in total. The van der Waals surface area contributed by atoms with Gasteiger partial charge in [-0.25, -0.2) is 4.98 Å². The minimum atomic E-state index is -4.61. The highest BCUT2D eigenvalue weighted by Gasteiger charge is 2.33. The first-order valence-corrected chi connectivity index (χ1v) is 3.16. The Morgan fingerprint density at radius 3 is 2.54 bits per heavy atom. The number of nitrogens with two attached hydrogens (primary N) is 1. The van der Waals surface area contributed by atoms with E-state index in [1.165, 1.54) is 0 Å². The van der Waals surface area contributed by atoms with E-state index in [1.807, 2.05) is 0 Å². The second-order valence-corrected chi connectivity index (χ2v) is 2.25. The fraction of sp³-hybridized carbons (Fsp3) is 0.143. The number of halogens is 3. The molecule has 13 heavy (non-hydrogen) atoms. The number of alkyl halides is 3. The Labute approximate surface area is 71.4 Å². The second kappa shape index (κ2) is 3.04. The van der Waals surface area contributed by atoms with Gasteiger partial charge < -0.3 is 5.73 Å². The van der Waals surface area contributed by atoms with Gasteiger partial charge in [-0.1, -0.05) is 0 Å². The first-order valence-electron chi connectivity index (χ1n) is 3.16. The van der Waals surface area contributed by atoms with Gasteiger partial charge in [0.15, 0.2) is 0 Å². The molecule has 1 heterocycles. The second-order valence-electron chi connectivity index (χ2n) is 2.25. The average Bonchev–Trinajstić information content (AvgIpc) is 2.03. The Morgan fingerprint density at radius 2 is 2.08 bits per heavy atom. The molecule has 0 fully saturated rings.